The molecule has 1 aromatic carbocycles. The topological polar surface area (TPSA) is 50.1 Å². The highest BCUT2D eigenvalue weighted by Gasteiger charge is 2.21. The summed E-state index contributed by atoms with van der Waals surface area (Å²) in [5, 5.41) is 13.3. The van der Waals surface area contributed by atoms with Gasteiger partial charge in [0.2, 0.25) is 0 Å². The maximum absolute atomic E-state index is 13.9. The first-order chi connectivity index (χ1) is 10.2. The largest absolute Gasteiger partial charge is 0.392 e. The molecule has 130 valence electrons. The molecule has 1 aliphatic heterocycles. The van der Waals surface area contributed by atoms with Gasteiger partial charge in [0.05, 0.1) is 22.4 Å². The lowest BCUT2D eigenvalue weighted by Gasteiger charge is -2.29. The SMILES string of the molecule is Cl.Cl.O[C@H]1CCCN[C@@H]1CCCn1cnc2c(F)c(Br)ccc21. The van der Waals surface area contributed by atoms with Crippen molar-refractivity contribution in [3.63, 3.8) is 0 Å². The zero-order valence-electron chi connectivity index (χ0n) is 12.5. The van der Waals surface area contributed by atoms with E-state index in [-0.39, 0.29) is 42.8 Å². The van der Waals surface area contributed by atoms with E-state index in [0.29, 0.717) is 9.99 Å². The fourth-order valence-corrected chi connectivity index (χ4v) is 3.28. The number of aryl methyl sites for hydroxylation is 1. The number of fused-ring (bicyclic) bond motifs is 1. The molecule has 23 heavy (non-hydrogen) atoms. The quantitative estimate of drug-likeness (QED) is 0.780. The van der Waals surface area contributed by atoms with Crippen LogP contribution in [0.2, 0.25) is 0 Å². The van der Waals surface area contributed by atoms with E-state index in [0.717, 1.165) is 44.3 Å². The van der Waals surface area contributed by atoms with Gasteiger partial charge in [-0.3, -0.25) is 0 Å². The summed E-state index contributed by atoms with van der Waals surface area (Å²) >= 11 is 3.18. The van der Waals surface area contributed by atoms with E-state index >= 15 is 0 Å². The summed E-state index contributed by atoms with van der Waals surface area (Å²) in [6, 6.07) is 3.77. The third-order valence-corrected chi connectivity index (χ3v) is 4.76. The summed E-state index contributed by atoms with van der Waals surface area (Å²) in [7, 11) is 0. The number of hydrogen-bond acceptors (Lipinski definition) is 3. The van der Waals surface area contributed by atoms with Gasteiger partial charge in [-0.05, 0) is 60.3 Å². The number of aliphatic hydroxyl groups excluding tert-OH is 1. The van der Waals surface area contributed by atoms with Crippen molar-refractivity contribution in [2.45, 2.75) is 44.4 Å². The van der Waals surface area contributed by atoms with E-state index in [9.17, 15) is 9.50 Å². The zero-order chi connectivity index (χ0) is 14.8. The third kappa shape index (κ3) is 4.57. The number of imidazole rings is 1. The highest BCUT2D eigenvalue weighted by molar-refractivity contribution is 9.10. The number of halogens is 4. The Balaban J connectivity index is 0.00000132. The molecule has 0 amide bonds. The molecule has 0 radical (unpaired) electrons. The Labute approximate surface area is 155 Å². The van der Waals surface area contributed by atoms with Gasteiger partial charge >= 0.3 is 0 Å². The molecule has 0 bridgehead atoms. The average Bonchev–Trinajstić information content (AvgIpc) is 2.89. The van der Waals surface area contributed by atoms with Crippen molar-refractivity contribution in [2.24, 2.45) is 0 Å². The van der Waals surface area contributed by atoms with Crippen LogP contribution in [-0.2, 0) is 6.54 Å². The Morgan fingerprint density at radius 1 is 1.39 bits per heavy atom. The fraction of sp³-hybridized carbons (Fsp3) is 0.533. The fourth-order valence-electron chi connectivity index (χ4n) is 2.96. The maximum atomic E-state index is 13.9. The number of piperidine rings is 1. The molecule has 8 heteroatoms. The second kappa shape index (κ2) is 9.18. The molecular formula is C15H21BrCl2FN3O. The first-order valence-corrected chi connectivity index (χ1v) is 8.16. The first-order valence-electron chi connectivity index (χ1n) is 7.37. The lowest BCUT2D eigenvalue weighted by Crippen LogP contribution is -2.44. The number of nitrogens with one attached hydrogen (secondary N) is 1. The number of nitrogens with zero attached hydrogens (tertiary/aromatic N) is 2. The Hall–Kier alpha value is -0.400. The van der Waals surface area contributed by atoms with E-state index in [1.807, 2.05) is 10.6 Å². The van der Waals surface area contributed by atoms with Gasteiger partial charge in [0.25, 0.3) is 0 Å². The van der Waals surface area contributed by atoms with Crippen LogP contribution in [0.3, 0.4) is 0 Å². The molecule has 3 rings (SSSR count). The molecule has 2 aromatic rings. The maximum Gasteiger partial charge on any atom is 0.165 e. The van der Waals surface area contributed by atoms with Gasteiger partial charge in [-0.15, -0.1) is 24.8 Å². The molecule has 0 unspecified atom stereocenters. The standard InChI is InChI=1S/C15H19BrFN3O.2ClH/c16-10-5-6-12-15(14(10)17)19-9-20(12)8-2-3-11-13(21)4-1-7-18-11;;/h5-6,9,11,13,18,21H,1-4,7-8H2;2*1H/t11-,13+;;/m1../s1. The molecule has 1 fully saturated rings. The van der Waals surface area contributed by atoms with E-state index < -0.39 is 0 Å². The Kier molecular flexibility index (Phi) is 8.24. The van der Waals surface area contributed by atoms with Crippen molar-refractivity contribution in [3.8, 4) is 0 Å². The molecule has 1 saturated heterocycles. The van der Waals surface area contributed by atoms with Crippen LogP contribution in [0.25, 0.3) is 11.0 Å². The highest BCUT2D eigenvalue weighted by atomic mass is 79.9. The lowest BCUT2D eigenvalue weighted by molar-refractivity contribution is 0.0909. The van der Waals surface area contributed by atoms with Crippen LogP contribution in [0.1, 0.15) is 25.7 Å². The summed E-state index contributed by atoms with van der Waals surface area (Å²) in [6.45, 7) is 1.76. The van der Waals surface area contributed by atoms with Crippen LogP contribution in [-0.4, -0.2) is 33.3 Å². The number of aliphatic hydroxyl groups is 1. The van der Waals surface area contributed by atoms with Gasteiger partial charge in [-0.1, -0.05) is 0 Å². The molecule has 4 nitrogen and oxygen atoms in total. The molecule has 1 aliphatic rings. The summed E-state index contributed by atoms with van der Waals surface area (Å²) in [4.78, 5) is 4.15. The van der Waals surface area contributed by atoms with Crippen LogP contribution < -0.4 is 5.32 Å². The van der Waals surface area contributed by atoms with Gasteiger partial charge in [0, 0.05) is 12.6 Å². The minimum absolute atomic E-state index is 0. The van der Waals surface area contributed by atoms with Crippen LogP contribution in [0.15, 0.2) is 22.9 Å². The Morgan fingerprint density at radius 2 is 2.17 bits per heavy atom. The molecule has 0 aliphatic carbocycles. The van der Waals surface area contributed by atoms with E-state index in [1.54, 1.807) is 12.4 Å². The summed E-state index contributed by atoms with van der Waals surface area (Å²) < 4.78 is 16.3. The molecular weight excluding hydrogens is 408 g/mol. The van der Waals surface area contributed by atoms with Crippen LogP contribution in [0.5, 0.6) is 0 Å². The van der Waals surface area contributed by atoms with E-state index in [4.69, 9.17) is 0 Å². The second-order valence-corrected chi connectivity index (χ2v) is 6.43. The summed E-state index contributed by atoms with van der Waals surface area (Å²) in [5.41, 5.74) is 1.22. The minimum atomic E-state index is -0.310. The van der Waals surface area contributed by atoms with Gasteiger partial charge in [0.15, 0.2) is 5.82 Å². The predicted molar refractivity (Wildman–Crippen MR) is 98.2 cm³/mol. The van der Waals surface area contributed by atoms with Crippen LogP contribution in [0.4, 0.5) is 4.39 Å². The monoisotopic (exact) mass is 427 g/mol. The van der Waals surface area contributed by atoms with Crippen molar-refractivity contribution in [1.82, 2.24) is 14.9 Å². The van der Waals surface area contributed by atoms with Crippen molar-refractivity contribution in [2.75, 3.05) is 6.54 Å². The zero-order valence-corrected chi connectivity index (χ0v) is 15.8. The molecule has 1 aromatic heterocycles. The van der Waals surface area contributed by atoms with Crippen molar-refractivity contribution in [3.05, 3.63) is 28.7 Å². The minimum Gasteiger partial charge on any atom is -0.392 e. The molecule has 0 spiro atoms. The summed E-state index contributed by atoms with van der Waals surface area (Å²) in [6.07, 6.45) is 5.21. The number of hydrogen-bond donors (Lipinski definition) is 2. The second-order valence-electron chi connectivity index (χ2n) is 5.58. The van der Waals surface area contributed by atoms with E-state index in [2.05, 4.69) is 26.2 Å². The third-order valence-electron chi connectivity index (χ3n) is 4.15. The number of aromatic nitrogens is 2. The van der Waals surface area contributed by atoms with Gasteiger partial charge in [0.1, 0.15) is 5.52 Å². The van der Waals surface area contributed by atoms with Crippen LogP contribution in [0, 0.1) is 5.82 Å². The summed E-state index contributed by atoms with van der Waals surface area (Å²) in [5.74, 6) is -0.310. The van der Waals surface area contributed by atoms with Gasteiger partial charge < -0.3 is 15.0 Å². The van der Waals surface area contributed by atoms with Crippen molar-refractivity contribution >= 4 is 51.8 Å². The van der Waals surface area contributed by atoms with Crippen LogP contribution >= 0.6 is 40.7 Å². The molecule has 2 atom stereocenters. The van der Waals surface area contributed by atoms with Crippen molar-refractivity contribution in [1.29, 1.82) is 0 Å². The van der Waals surface area contributed by atoms with E-state index in [1.165, 1.54) is 0 Å². The molecule has 0 saturated carbocycles. The predicted octanol–water partition coefficient (Wildman–Crippen LogP) is 3.67. The number of benzene rings is 1. The average molecular weight is 429 g/mol. The number of rotatable bonds is 4. The Bertz CT molecular complexity index is 640. The molecule has 2 heterocycles. The lowest BCUT2D eigenvalue weighted by atomic mass is 9.97. The van der Waals surface area contributed by atoms with Gasteiger partial charge in [-0.25, -0.2) is 9.37 Å². The molecule has 2 N–H and O–H groups in total. The smallest absolute Gasteiger partial charge is 0.165 e. The first kappa shape index (κ1) is 20.6. The Morgan fingerprint density at radius 3 is 2.91 bits per heavy atom. The highest BCUT2D eigenvalue weighted by Crippen LogP contribution is 2.24. The van der Waals surface area contributed by atoms with Crippen molar-refractivity contribution < 1.29 is 9.50 Å². The normalized spacial score (nSPS) is 20.8. The van der Waals surface area contributed by atoms with Gasteiger partial charge in [-0.2, -0.15) is 0 Å².